The van der Waals surface area contributed by atoms with E-state index in [0.717, 1.165) is 5.56 Å². The smallest absolute Gasteiger partial charge is 0.273 e. The van der Waals surface area contributed by atoms with Crippen molar-refractivity contribution in [3.05, 3.63) is 82.4 Å². The van der Waals surface area contributed by atoms with Gasteiger partial charge in [-0.15, -0.1) is 0 Å². The molecule has 0 spiro atoms. The maximum Gasteiger partial charge on any atom is 0.273 e. The molecule has 3 aromatic rings. The number of anilines is 1. The van der Waals surface area contributed by atoms with Gasteiger partial charge in [0.15, 0.2) is 0 Å². The first-order valence-electron chi connectivity index (χ1n) is 7.55. The van der Waals surface area contributed by atoms with Crippen LogP contribution in [0.1, 0.15) is 11.1 Å². The third-order valence-corrected chi connectivity index (χ3v) is 3.59. The summed E-state index contributed by atoms with van der Waals surface area (Å²) in [7, 11) is 0. The topological polar surface area (TPSA) is 103 Å². The lowest BCUT2D eigenvalue weighted by molar-refractivity contribution is -0.385. The number of rotatable bonds is 6. The number of carbonyl (C=O) groups is 1. The van der Waals surface area contributed by atoms with E-state index in [1.165, 1.54) is 12.4 Å². The van der Waals surface area contributed by atoms with Gasteiger partial charge in [-0.05, 0) is 17.7 Å². The van der Waals surface area contributed by atoms with Crippen LogP contribution in [-0.2, 0) is 17.8 Å². The summed E-state index contributed by atoms with van der Waals surface area (Å²) in [6.45, 7) is 0.588. The summed E-state index contributed by atoms with van der Waals surface area (Å²) in [6, 6.07) is 13.5. The van der Waals surface area contributed by atoms with Gasteiger partial charge in [0.2, 0.25) is 5.91 Å². The highest BCUT2D eigenvalue weighted by atomic mass is 16.6. The molecule has 8 heteroatoms. The van der Waals surface area contributed by atoms with Gasteiger partial charge in [-0.2, -0.15) is 5.10 Å². The molecular formula is C17H15N5O3. The van der Waals surface area contributed by atoms with Crippen LogP contribution in [0.5, 0.6) is 0 Å². The highest BCUT2D eigenvalue weighted by molar-refractivity contribution is 5.92. The Labute approximate surface area is 143 Å². The predicted octanol–water partition coefficient (Wildman–Crippen LogP) is 2.42. The number of benzene rings is 2. The Bertz CT molecular complexity index is 876. The molecule has 1 amide bonds. The molecule has 0 aliphatic rings. The van der Waals surface area contributed by atoms with Crippen molar-refractivity contribution in [2.75, 3.05) is 5.32 Å². The standard InChI is InChI=1S/C17H15N5O3/c23-17(9-14-3-1-2-4-16(14)22(24)25)20-15-7-5-13(6-8-15)10-21-12-18-11-19-21/h1-8,11-12H,9-10H2,(H,20,23). The lowest BCUT2D eigenvalue weighted by Gasteiger charge is -2.07. The first-order valence-corrected chi connectivity index (χ1v) is 7.55. The van der Waals surface area contributed by atoms with Gasteiger partial charge < -0.3 is 5.32 Å². The van der Waals surface area contributed by atoms with E-state index in [4.69, 9.17) is 0 Å². The van der Waals surface area contributed by atoms with Crippen LogP contribution < -0.4 is 5.32 Å². The van der Waals surface area contributed by atoms with Crippen molar-refractivity contribution in [3.8, 4) is 0 Å². The highest BCUT2D eigenvalue weighted by Gasteiger charge is 2.15. The minimum atomic E-state index is -0.485. The average Bonchev–Trinajstić information content (AvgIpc) is 3.10. The Kier molecular flexibility index (Phi) is 4.79. The minimum Gasteiger partial charge on any atom is -0.326 e. The molecule has 0 atom stereocenters. The normalized spacial score (nSPS) is 10.4. The van der Waals surface area contributed by atoms with E-state index in [2.05, 4.69) is 15.4 Å². The lowest BCUT2D eigenvalue weighted by atomic mass is 10.1. The number of para-hydroxylation sites is 1. The molecule has 0 saturated heterocycles. The number of hydrogen-bond donors (Lipinski definition) is 1. The SMILES string of the molecule is O=C(Cc1ccccc1[N+](=O)[O-])Nc1ccc(Cn2cncn2)cc1. The third-order valence-electron chi connectivity index (χ3n) is 3.59. The van der Waals surface area contributed by atoms with Gasteiger partial charge in [0, 0.05) is 17.3 Å². The van der Waals surface area contributed by atoms with Crippen molar-refractivity contribution in [2.45, 2.75) is 13.0 Å². The summed E-state index contributed by atoms with van der Waals surface area (Å²) < 4.78 is 1.70. The van der Waals surface area contributed by atoms with E-state index in [9.17, 15) is 14.9 Å². The second kappa shape index (κ2) is 7.35. The molecular weight excluding hydrogens is 322 g/mol. The van der Waals surface area contributed by atoms with Gasteiger partial charge in [-0.3, -0.25) is 14.9 Å². The van der Waals surface area contributed by atoms with Gasteiger partial charge in [0.05, 0.1) is 17.9 Å². The Balaban J connectivity index is 1.62. The quantitative estimate of drug-likeness (QED) is 0.549. The molecule has 0 fully saturated rings. The molecule has 1 heterocycles. The molecule has 126 valence electrons. The molecule has 0 unspecified atom stereocenters. The minimum absolute atomic E-state index is 0.0548. The van der Waals surface area contributed by atoms with Crippen LogP contribution in [0.4, 0.5) is 11.4 Å². The second-order valence-electron chi connectivity index (χ2n) is 5.40. The first kappa shape index (κ1) is 16.3. The summed E-state index contributed by atoms with van der Waals surface area (Å²) in [4.78, 5) is 26.5. The van der Waals surface area contributed by atoms with Crippen LogP contribution in [0.15, 0.2) is 61.2 Å². The van der Waals surface area contributed by atoms with Crippen molar-refractivity contribution in [1.82, 2.24) is 14.8 Å². The van der Waals surface area contributed by atoms with Crippen molar-refractivity contribution in [3.63, 3.8) is 0 Å². The van der Waals surface area contributed by atoms with Gasteiger partial charge in [0.1, 0.15) is 12.7 Å². The van der Waals surface area contributed by atoms with E-state index < -0.39 is 4.92 Å². The maximum atomic E-state index is 12.1. The lowest BCUT2D eigenvalue weighted by Crippen LogP contribution is -2.15. The summed E-state index contributed by atoms with van der Waals surface area (Å²) in [6.07, 6.45) is 3.04. The zero-order valence-corrected chi connectivity index (χ0v) is 13.2. The molecule has 3 rings (SSSR count). The number of nitro benzene ring substituents is 1. The Morgan fingerprint density at radius 3 is 2.60 bits per heavy atom. The summed E-state index contributed by atoms with van der Waals surface area (Å²) in [5, 5.41) is 17.8. The number of nitro groups is 1. The fourth-order valence-corrected chi connectivity index (χ4v) is 2.41. The monoisotopic (exact) mass is 337 g/mol. The summed E-state index contributed by atoms with van der Waals surface area (Å²) >= 11 is 0. The molecule has 1 aromatic heterocycles. The maximum absolute atomic E-state index is 12.1. The third kappa shape index (κ3) is 4.25. The molecule has 2 aromatic carbocycles. The average molecular weight is 337 g/mol. The zero-order chi connectivity index (χ0) is 17.6. The van der Waals surface area contributed by atoms with Crippen LogP contribution in [0, 0.1) is 10.1 Å². The van der Waals surface area contributed by atoms with Crippen LogP contribution >= 0.6 is 0 Å². The Morgan fingerprint density at radius 2 is 1.92 bits per heavy atom. The molecule has 8 nitrogen and oxygen atoms in total. The molecule has 0 saturated carbocycles. The second-order valence-corrected chi connectivity index (χ2v) is 5.40. The molecule has 1 N–H and O–H groups in total. The number of nitrogens with zero attached hydrogens (tertiary/aromatic N) is 4. The van der Waals surface area contributed by atoms with Gasteiger partial charge >= 0.3 is 0 Å². The Hall–Kier alpha value is -3.55. The molecule has 0 aliphatic heterocycles. The summed E-state index contributed by atoms with van der Waals surface area (Å²) in [5.74, 6) is -0.307. The molecule has 25 heavy (non-hydrogen) atoms. The largest absolute Gasteiger partial charge is 0.326 e. The van der Waals surface area contributed by atoms with Gasteiger partial charge in [-0.25, -0.2) is 9.67 Å². The van der Waals surface area contributed by atoms with Crippen molar-refractivity contribution in [1.29, 1.82) is 0 Å². The van der Waals surface area contributed by atoms with Gasteiger partial charge in [0.25, 0.3) is 5.69 Å². The molecule has 0 aliphatic carbocycles. The van der Waals surface area contributed by atoms with Crippen molar-refractivity contribution in [2.24, 2.45) is 0 Å². The molecule has 0 bridgehead atoms. The number of hydrogen-bond acceptors (Lipinski definition) is 5. The van der Waals surface area contributed by atoms with E-state index in [1.54, 1.807) is 41.3 Å². The molecule has 0 radical (unpaired) electrons. The highest BCUT2D eigenvalue weighted by Crippen LogP contribution is 2.19. The van der Waals surface area contributed by atoms with Crippen LogP contribution in [0.25, 0.3) is 0 Å². The van der Waals surface area contributed by atoms with Crippen LogP contribution in [0.3, 0.4) is 0 Å². The number of nitrogens with one attached hydrogen (secondary N) is 1. The fourth-order valence-electron chi connectivity index (χ4n) is 2.41. The van der Waals surface area contributed by atoms with Gasteiger partial charge in [-0.1, -0.05) is 30.3 Å². The van der Waals surface area contributed by atoms with E-state index in [-0.39, 0.29) is 18.0 Å². The van der Waals surface area contributed by atoms with E-state index in [0.29, 0.717) is 17.8 Å². The number of aromatic nitrogens is 3. The summed E-state index contributed by atoms with van der Waals surface area (Å²) in [5.41, 5.74) is 1.97. The predicted molar refractivity (Wildman–Crippen MR) is 91.0 cm³/mol. The van der Waals surface area contributed by atoms with Crippen molar-refractivity contribution < 1.29 is 9.72 Å². The first-order chi connectivity index (χ1) is 12.1. The van der Waals surface area contributed by atoms with Crippen LogP contribution in [0.2, 0.25) is 0 Å². The van der Waals surface area contributed by atoms with E-state index in [1.807, 2.05) is 12.1 Å². The number of carbonyl (C=O) groups excluding carboxylic acids is 1. The van der Waals surface area contributed by atoms with Crippen LogP contribution in [-0.4, -0.2) is 25.6 Å². The number of amides is 1. The fraction of sp³-hybridized carbons (Fsp3) is 0.118. The van der Waals surface area contributed by atoms with E-state index >= 15 is 0 Å². The Morgan fingerprint density at radius 1 is 1.16 bits per heavy atom. The zero-order valence-electron chi connectivity index (χ0n) is 13.2. The van der Waals surface area contributed by atoms with Crippen molar-refractivity contribution >= 4 is 17.3 Å².